The van der Waals surface area contributed by atoms with Crippen molar-refractivity contribution in [2.45, 2.75) is 33.1 Å². The number of methoxy groups -OCH3 is 1. The number of nitrogens with one attached hydrogen (secondary N) is 1. The van der Waals surface area contributed by atoms with E-state index < -0.39 is 0 Å². The minimum absolute atomic E-state index is 0.141. The molecule has 0 bridgehead atoms. The Kier molecular flexibility index (Phi) is 7.69. The van der Waals surface area contributed by atoms with Crippen LogP contribution in [0.15, 0.2) is 0 Å². The van der Waals surface area contributed by atoms with Gasteiger partial charge in [0, 0.05) is 26.2 Å². The van der Waals surface area contributed by atoms with Crippen molar-refractivity contribution in [3.63, 3.8) is 0 Å². The van der Waals surface area contributed by atoms with Crippen molar-refractivity contribution in [3.8, 4) is 0 Å². The molecular formula is C10H21NO2. The third kappa shape index (κ3) is 6.58. The van der Waals surface area contributed by atoms with E-state index in [0.717, 1.165) is 32.4 Å². The first-order chi connectivity index (χ1) is 6.22. The van der Waals surface area contributed by atoms with Gasteiger partial charge in [0.25, 0.3) is 0 Å². The van der Waals surface area contributed by atoms with Crippen LogP contribution in [0.5, 0.6) is 0 Å². The lowest BCUT2D eigenvalue weighted by molar-refractivity contribution is -0.124. The van der Waals surface area contributed by atoms with Crippen LogP contribution in [0.3, 0.4) is 0 Å². The minimum atomic E-state index is 0.141. The van der Waals surface area contributed by atoms with Crippen LogP contribution in [0.25, 0.3) is 0 Å². The van der Waals surface area contributed by atoms with Crippen LogP contribution < -0.4 is 5.32 Å². The van der Waals surface area contributed by atoms with Crippen LogP contribution in [-0.4, -0.2) is 26.2 Å². The Bertz CT molecular complexity index is 137. The molecule has 13 heavy (non-hydrogen) atoms. The van der Waals surface area contributed by atoms with Gasteiger partial charge in [0.05, 0.1) is 0 Å². The van der Waals surface area contributed by atoms with Gasteiger partial charge in [-0.1, -0.05) is 13.8 Å². The fourth-order valence-corrected chi connectivity index (χ4v) is 0.943. The molecular weight excluding hydrogens is 166 g/mol. The summed E-state index contributed by atoms with van der Waals surface area (Å²) in [6.07, 6.45) is 2.91. The van der Waals surface area contributed by atoms with E-state index in [1.807, 2.05) is 13.8 Å². The zero-order valence-corrected chi connectivity index (χ0v) is 8.93. The van der Waals surface area contributed by atoms with Gasteiger partial charge in [-0.05, 0) is 19.3 Å². The zero-order valence-electron chi connectivity index (χ0n) is 8.93. The number of rotatable bonds is 7. The van der Waals surface area contributed by atoms with Gasteiger partial charge in [-0.2, -0.15) is 0 Å². The molecule has 78 valence electrons. The maximum Gasteiger partial charge on any atom is 0.222 e. The number of unbranched alkanes of at least 4 members (excludes halogenated alkanes) is 1. The van der Waals surface area contributed by atoms with Crippen molar-refractivity contribution in [2.24, 2.45) is 5.92 Å². The molecule has 0 fully saturated rings. The summed E-state index contributed by atoms with van der Waals surface area (Å²) in [6, 6.07) is 0. The number of hydrogen-bond donors (Lipinski definition) is 1. The Balaban J connectivity index is 3.27. The first kappa shape index (κ1) is 12.4. The van der Waals surface area contributed by atoms with E-state index >= 15 is 0 Å². The summed E-state index contributed by atoms with van der Waals surface area (Å²) in [6.45, 7) is 5.52. The van der Waals surface area contributed by atoms with Crippen molar-refractivity contribution >= 4 is 5.91 Å². The largest absolute Gasteiger partial charge is 0.385 e. The Labute approximate surface area is 80.8 Å². The maximum atomic E-state index is 11.3. The second-order valence-corrected chi connectivity index (χ2v) is 3.30. The van der Waals surface area contributed by atoms with E-state index in [2.05, 4.69) is 5.32 Å². The summed E-state index contributed by atoms with van der Waals surface area (Å²) in [4.78, 5) is 11.3. The monoisotopic (exact) mass is 187 g/mol. The van der Waals surface area contributed by atoms with Gasteiger partial charge in [0.1, 0.15) is 0 Å². The molecule has 0 aromatic heterocycles. The molecule has 0 saturated heterocycles. The molecule has 3 nitrogen and oxygen atoms in total. The second-order valence-electron chi connectivity index (χ2n) is 3.30. The molecule has 0 radical (unpaired) electrons. The second kappa shape index (κ2) is 8.05. The first-order valence-corrected chi connectivity index (χ1v) is 4.99. The highest BCUT2D eigenvalue weighted by molar-refractivity contribution is 5.78. The van der Waals surface area contributed by atoms with Gasteiger partial charge in [-0.15, -0.1) is 0 Å². The van der Waals surface area contributed by atoms with Crippen LogP contribution in [0, 0.1) is 5.92 Å². The van der Waals surface area contributed by atoms with E-state index in [4.69, 9.17) is 4.74 Å². The molecule has 3 heteroatoms. The number of carbonyl (C=O) groups excluding carboxylic acids is 1. The highest BCUT2D eigenvalue weighted by Gasteiger charge is 2.08. The molecule has 1 atom stereocenters. The molecule has 0 rings (SSSR count). The zero-order chi connectivity index (χ0) is 10.1. The van der Waals surface area contributed by atoms with Gasteiger partial charge in [-0.3, -0.25) is 4.79 Å². The highest BCUT2D eigenvalue weighted by Crippen LogP contribution is 1.99. The minimum Gasteiger partial charge on any atom is -0.385 e. The molecule has 0 aliphatic carbocycles. The standard InChI is InChI=1S/C10H21NO2/c1-4-9(2)10(12)11-7-5-6-8-13-3/h9H,4-8H2,1-3H3,(H,11,12). The SMILES string of the molecule is CCC(C)C(=O)NCCCCOC. The third-order valence-electron chi connectivity index (χ3n) is 2.13. The lowest BCUT2D eigenvalue weighted by Crippen LogP contribution is -2.29. The fourth-order valence-electron chi connectivity index (χ4n) is 0.943. The topological polar surface area (TPSA) is 38.3 Å². The molecule has 1 amide bonds. The van der Waals surface area contributed by atoms with Gasteiger partial charge < -0.3 is 10.1 Å². The Morgan fingerprint density at radius 2 is 2.15 bits per heavy atom. The van der Waals surface area contributed by atoms with Gasteiger partial charge >= 0.3 is 0 Å². The molecule has 0 aromatic rings. The summed E-state index contributed by atoms with van der Waals surface area (Å²) < 4.78 is 4.90. The smallest absolute Gasteiger partial charge is 0.222 e. The van der Waals surface area contributed by atoms with E-state index in [0.29, 0.717) is 0 Å². The van der Waals surface area contributed by atoms with Crippen LogP contribution in [-0.2, 0) is 9.53 Å². The van der Waals surface area contributed by atoms with Crippen LogP contribution in [0.1, 0.15) is 33.1 Å². The van der Waals surface area contributed by atoms with Crippen molar-refractivity contribution in [1.82, 2.24) is 5.32 Å². The normalized spacial score (nSPS) is 12.5. The van der Waals surface area contributed by atoms with Crippen LogP contribution in [0.2, 0.25) is 0 Å². The van der Waals surface area contributed by atoms with E-state index in [9.17, 15) is 4.79 Å². The highest BCUT2D eigenvalue weighted by atomic mass is 16.5. The summed E-state index contributed by atoms with van der Waals surface area (Å²) >= 11 is 0. The molecule has 0 aliphatic heterocycles. The van der Waals surface area contributed by atoms with Gasteiger partial charge in [-0.25, -0.2) is 0 Å². The molecule has 1 unspecified atom stereocenters. The van der Waals surface area contributed by atoms with Crippen molar-refractivity contribution < 1.29 is 9.53 Å². The average Bonchev–Trinajstić information content (AvgIpc) is 2.16. The Morgan fingerprint density at radius 3 is 2.69 bits per heavy atom. The Hall–Kier alpha value is -0.570. The number of carbonyl (C=O) groups is 1. The van der Waals surface area contributed by atoms with Crippen molar-refractivity contribution in [2.75, 3.05) is 20.3 Å². The summed E-state index contributed by atoms with van der Waals surface area (Å²) in [7, 11) is 1.69. The predicted molar refractivity (Wildman–Crippen MR) is 53.6 cm³/mol. The molecule has 0 spiro atoms. The van der Waals surface area contributed by atoms with Gasteiger partial charge in [0.2, 0.25) is 5.91 Å². The van der Waals surface area contributed by atoms with E-state index in [-0.39, 0.29) is 11.8 Å². The predicted octanol–water partition coefficient (Wildman–Crippen LogP) is 1.58. The lowest BCUT2D eigenvalue weighted by Gasteiger charge is -2.09. The molecule has 0 saturated carbocycles. The first-order valence-electron chi connectivity index (χ1n) is 4.99. The number of ether oxygens (including phenoxy) is 1. The molecule has 0 aromatic carbocycles. The average molecular weight is 187 g/mol. The van der Waals surface area contributed by atoms with E-state index in [1.165, 1.54) is 0 Å². The molecule has 0 heterocycles. The quantitative estimate of drug-likeness (QED) is 0.614. The number of amides is 1. The van der Waals surface area contributed by atoms with Crippen LogP contribution in [0.4, 0.5) is 0 Å². The maximum absolute atomic E-state index is 11.3. The third-order valence-corrected chi connectivity index (χ3v) is 2.13. The van der Waals surface area contributed by atoms with Gasteiger partial charge in [0.15, 0.2) is 0 Å². The molecule has 0 aliphatic rings. The Morgan fingerprint density at radius 1 is 1.46 bits per heavy atom. The lowest BCUT2D eigenvalue weighted by atomic mass is 10.1. The summed E-state index contributed by atoms with van der Waals surface area (Å²) in [5, 5.41) is 2.90. The summed E-state index contributed by atoms with van der Waals surface area (Å²) in [5.74, 6) is 0.308. The summed E-state index contributed by atoms with van der Waals surface area (Å²) in [5.41, 5.74) is 0. The van der Waals surface area contributed by atoms with Crippen molar-refractivity contribution in [3.05, 3.63) is 0 Å². The van der Waals surface area contributed by atoms with Crippen LogP contribution >= 0.6 is 0 Å². The van der Waals surface area contributed by atoms with E-state index in [1.54, 1.807) is 7.11 Å². The molecule has 1 N–H and O–H groups in total. The fraction of sp³-hybridized carbons (Fsp3) is 0.900. The number of hydrogen-bond acceptors (Lipinski definition) is 2. The van der Waals surface area contributed by atoms with Crippen molar-refractivity contribution in [1.29, 1.82) is 0 Å².